The van der Waals surface area contributed by atoms with Gasteiger partial charge in [-0.05, 0) is 70.2 Å². The molecule has 0 aliphatic heterocycles. The van der Waals surface area contributed by atoms with Crippen LogP contribution in [0.2, 0.25) is 0 Å². The van der Waals surface area contributed by atoms with Crippen molar-refractivity contribution in [1.82, 2.24) is 10.2 Å². The lowest BCUT2D eigenvalue weighted by molar-refractivity contribution is -0.142. The summed E-state index contributed by atoms with van der Waals surface area (Å²) in [4.78, 5) is 28.0. The number of ether oxygens (including phenoxy) is 1. The van der Waals surface area contributed by atoms with Gasteiger partial charge in [0.1, 0.15) is 11.8 Å². The van der Waals surface area contributed by atoms with Crippen molar-refractivity contribution in [1.29, 1.82) is 0 Å². The van der Waals surface area contributed by atoms with E-state index in [0.29, 0.717) is 12.3 Å². The normalized spacial score (nSPS) is 14.7. The van der Waals surface area contributed by atoms with Crippen LogP contribution in [0.25, 0.3) is 10.8 Å². The fourth-order valence-electron chi connectivity index (χ4n) is 4.35. The molecule has 1 N–H and O–H groups in total. The van der Waals surface area contributed by atoms with Gasteiger partial charge in [0.15, 0.2) is 6.61 Å². The first-order chi connectivity index (χ1) is 16.4. The van der Waals surface area contributed by atoms with Gasteiger partial charge in [-0.2, -0.15) is 0 Å². The summed E-state index contributed by atoms with van der Waals surface area (Å²) in [5.41, 5.74) is 0.940. The molecule has 0 radical (unpaired) electrons. The zero-order valence-corrected chi connectivity index (χ0v) is 22.3. The summed E-state index contributed by atoms with van der Waals surface area (Å²) < 4.78 is 7.67. The first kappa shape index (κ1) is 24.7. The van der Waals surface area contributed by atoms with E-state index in [9.17, 15) is 9.59 Å². The molecule has 0 bridgehead atoms. The molecule has 1 aliphatic carbocycles. The summed E-state index contributed by atoms with van der Waals surface area (Å²) >= 11 is 7.10. The van der Waals surface area contributed by atoms with Gasteiger partial charge in [0.2, 0.25) is 5.91 Å². The van der Waals surface area contributed by atoms with E-state index in [1.165, 1.54) is 0 Å². The molecule has 2 amide bonds. The lowest BCUT2D eigenvalue weighted by atomic mass is 10.1. The number of fused-ring (bicyclic) bond motifs is 1. The van der Waals surface area contributed by atoms with Gasteiger partial charge in [0, 0.05) is 17.1 Å². The van der Waals surface area contributed by atoms with Crippen LogP contribution >= 0.6 is 31.9 Å². The quantitative estimate of drug-likeness (QED) is 0.340. The number of carbonyl (C=O) groups is 2. The van der Waals surface area contributed by atoms with Crippen molar-refractivity contribution in [3.8, 4) is 5.75 Å². The maximum Gasteiger partial charge on any atom is 0.261 e. The summed E-state index contributed by atoms with van der Waals surface area (Å²) in [5, 5.41) is 5.22. The fourth-order valence-corrected chi connectivity index (χ4v) is 5.41. The molecule has 178 valence electrons. The molecule has 1 fully saturated rings. The fraction of sp³-hybridized carbons (Fsp3) is 0.333. The first-order valence-electron chi connectivity index (χ1n) is 11.6. The highest BCUT2D eigenvalue weighted by atomic mass is 79.9. The minimum absolute atomic E-state index is 0.123. The average Bonchev–Trinajstić information content (AvgIpc) is 3.35. The van der Waals surface area contributed by atoms with Gasteiger partial charge in [0.25, 0.3) is 5.91 Å². The number of halogens is 2. The number of nitrogens with zero attached hydrogens (tertiary/aromatic N) is 1. The minimum Gasteiger partial charge on any atom is -0.483 e. The van der Waals surface area contributed by atoms with Crippen molar-refractivity contribution < 1.29 is 14.3 Å². The second-order valence-electron chi connectivity index (χ2n) is 8.70. The Morgan fingerprint density at radius 3 is 2.59 bits per heavy atom. The molecule has 4 rings (SSSR count). The third kappa shape index (κ3) is 5.99. The summed E-state index contributed by atoms with van der Waals surface area (Å²) in [6.45, 7) is 1.94. The zero-order valence-electron chi connectivity index (χ0n) is 19.1. The Labute approximate surface area is 217 Å². The van der Waals surface area contributed by atoms with Crippen molar-refractivity contribution in [2.45, 2.75) is 51.2 Å². The number of benzene rings is 3. The molecule has 3 aromatic rings. The highest BCUT2D eigenvalue weighted by Crippen LogP contribution is 2.33. The lowest BCUT2D eigenvalue weighted by Gasteiger charge is -2.29. The van der Waals surface area contributed by atoms with Crippen LogP contribution < -0.4 is 10.1 Å². The van der Waals surface area contributed by atoms with Gasteiger partial charge >= 0.3 is 0 Å². The number of hydrogen-bond acceptors (Lipinski definition) is 3. The van der Waals surface area contributed by atoms with E-state index in [1.807, 2.05) is 60.7 Å². The van der Waals surface area contributed by atoms with Crippen LogP contribution in [0.3, 0.4) is 0 Å². The number of nitrogens with one attached hydrogen (secondary N) is 1. The van der Waals surface area contributed by atoms with Crippen molar-refractivity contribution in [2.75, 3.05) is 6.61 Å². The van der Waals surface area contributed by atoms with Crippen molar-refractivity contribution in [3.63, 3.8) is 0 Å². The van der Waals surface area contributed by atoms with Crippen LogP contribution in [0.5, 0.6) is 5.75 Å². The average molecular weight is 588 g/mol. The Balaban J connectivity index is 1.50. The molecule has 34 heavy (non-hydrogen) atoms. The predicted molar refractivity (Wildman–Crippen MR) is 142 cm³/mol. The summed E-state index contributed by atoms with van der Waals surface area (Å²) in [6, 6.07) is 19.2. The molecule has 0 heterocycles. The standard InChI is InChI=1S/C27H28Br2N2O3/c1-18(27(33)30-22-10-3-4-11-22)31(16-19-7-6-9-21(28)15-19)25(32)17-34-24-14-13-20-8-2-5-12-23(20)26(24)29/h2,5-9,12-15,18,22H,3-4,10-11,16-17H2,1H3,(H,30,33)/t18-/m0/s1. The van der Waals surface area contributed by atoms with Crippen LogP contribution in [0.15, 0.2) is 69.6 Å². The van der Waals surface area contributed by atoms with Gasteiger partial charge in [-0.25, -0.2) is 0 Å². The molecule has 5 nitrogen and oxygen atoms in total. The maximum absolute atomic E-state index is 13.4. The monoisotopic (exact) mass is 586 g/mol. The number of rotatable bonds is 8. The number of amides is 2. The highest BCUT2D eigenvalue weighted by Gasteiger charge is 2.29. The molecule has 1 aliphatic rings. The molecule has 0 aromatic heterocycles. The topological polar surface area (TPSA) is 58.6 Å². The van der Waals surface area contributed by atoms with Crippen molar-refractivity contribution in [3.05, 3.63) is 75.2 Å². The Bertz CT molecular complexity index is 1180. The van der Waals surface area contributed by atoms with Gasteiger partial charge in [0.05, 0.1) is 4.47 Å². The molecule has 1 saturated carbocycles. The number of hydrogen-bond donors (Lipinski definition) is 1. The highest BCUT2D eigenvalue weighted by molar-refractivity contribution is 9.11. The van der Waals surface area contributed by atoms with E-state index in [2.05, 4.69) is 37.2 Å². The van der Waals surface area contributed by atoms with Gasteiger partial charge in [-0.15, -0.1) is 0 Å². The number of carbonyl (C=O) groups excluding carboxylic acids is 2. The predicted octanol–water partition coefficient (Wildman–Crippen LogP) is 6.22. The third-order valence-electron chi connectivity index (χ3n) is 6.29. The molecule has 3 aromatic carbocycles. The smallest absolute Gasteiger partial charge is 0.261 e. The second kappa shape index (κ2) is 11.4. The molecule has 1 atom stereocenters. The maximum atomic E-state index is 13.4. The first-order valence-corrected chi connectivity index (χ1v) is 13.2. The molecule has 7 heteroatoms. The largest absolute Gasteiger partial charge is 0.483 e. The van der Waals surface area contributed by atoms with E-state index < -0.39 is 6.04 Å². The molecule has 0 unspecified atom stereocenters. The Kier molecular flexibility index (Phi) is 8.27. The summed E-state index contributed by atoms with van der Waals surface area (Å²) in [7, 11) is 0. The lowest BCUT2D eigenvalue weighted by Crippen LogP contribution is -2.50. The van der Waals surface area contributed by atoms with Crippen LogP contribution in [0.4, 0.5) is 0 Å². The van der Waals surface area contributed by atoms with Crippen LogP contribution in [-0.4, -0.2) is 35.4 Å². The van der Waals surface area contributed by atoms with E-state index >= 15 is 0 Å². The molecular weight excluding hydrogens is 560 g/mol. The molecule has 0 saturated heterocycles. The van der Waals surface area contributed by atoms with E-state index in [1.54, 1.807) is 11.8 Å². The Morgan fingerprint density at radius 1 is 1.06 bits per heavy atom. The minimum atomic E-state index is -0.615. The van der Waals surface area contributed by atoms with E-state index in [0.717, 1.165) is 51.0 Å². The zero-order chi connectivity index (χ0) is 24.1. The summed E-state index contributed by atoms with van der Waals surface area (Å²) in [6.07, 6.45) is 4.26. The van der Waals surface area contributed by atoms with E-state index in [4.69, 9.17) is 4.74 Å². The SMILES string of the molecule is C[C@@H](C(=O)NC1CCCC1)N(Cc1cccc(Br)c1)C(=O)COc1ccc2ccccc2c1Br. The molecular formula is C27H28Br2N2O3. The second-order valence-corrected chi connectivity index (χ2v) is 10.4. The van der Waals surface area contributed by atoms with E-state index in [-0.39, 0.29) is 24.5 Å². The third-order valence-corrected chi connectivity index (χ3v) is 7.60. The van der Waals surface area contributed by atoms with Crippen LogP contribution in [0.1, 0.15) is 38.2 Å². The van der Waals surface area contributed by atoms with Crippen molar-refractivity contribution in [2.24, 2.45) is 0 Å². The van der Waals surface area contributed by atoms with Crippen LogP contribution in [0, 0.1) is 0 Å². The van der Waals surface area contributed by atoms with Gasteiger partial charge < -0.3 is 15.0 Å². The van der Waals surface area contributed by atoms with Crippen LogP contribution in [-0.2, 0) is 16.1 Å². The van der Waals surface area contributed by atoms with Gasteiger partial charge in [-0.1, -0.05) is 71.2 Å². The van der Waals surface area contributed by atoms with Gasteiger partial charge in [-0.3, -0.25) is 9.59 Å². The Hall–Kier alpha value is -2.38. The molecule has 0 spiro atoms. The Morgan fingerprint density at radius 2 is 1.82 bits per heavy atom. The van der Waals surface area contributed by atoms with Crippen molar-refractivity contribution >= 4 is 54.4 Å². The summed E-state index contributed by atoms with van der Waals surface area (Å²) in [5.74, 6) is 0.230.